The van der Waals surface area contributed by atoms with Gasteiger partial charge in [-0.05, 0) is 49.9 Å². The van der Waals surface area contributed by atoms with Crippen LogP contribution in [0.1, 0.15) is 49.7 Å². The predicted molar refractivity (Wildman–Crippen MR) is 119 cm³/mol. The molecule has 1 aliphatic rings. The Morgan fingerprint density at radius 2 is 2.03 bits per heavy atom. The van der Waals surface area contributed by atoms with Crippen molar-refractivity contribution in [2.45, 2.75) is 38.5 Å². The van der Waals surface area contributed by atoms with E-state index in [9.17, 15) is 0 Å². The van der Waals surface area contributed by atoms with Gasteiger partial charge in [-0.2, -0.15) is 14.6 Å². The van der Waals surface area contributed by atoms with Crippen molar-refractivity contribution in [3.8, 4) is 28.4 Å². The van der Waals surface area contributed by atoms with E-state index in [1.54, 1.807) is 11.6 Å². The molecule has 1 saturated heterocycles. The molecule has 1 aliphatic heterocycles. The lowest BCUT2D eigenvalue weighted by Gasteiger charge is -2.23. The summed E-state index contributed by atoms with van der Waals surface area (Å²) in [5.41, 5.74) is 5.17. The maximum atomic E-state index is 15.0. The van der Waals surface area contributed by atoms with Gasteiger partial charge in [0.1, 0.15) is 12.0 Å². The van der Waals surface area contributed by atoms with Crippen LogP contribution in [0.15, 0.2) is 30.7 Å². The number of hydrogen-bond acceptors (Lipinski definition) is 6. The normalized spacial score (nSPS) is 15.0. The lowest BCUT2D eigenvalue weighted by atomic mass is 9.90. The van der Waals surface area contributed by atoms with E-state index in [4.69, 9.17) is 4.74 Å². The topological polar surface area (TPSA) is 93.0 Å². The molecule has 2 N–H and O–H groups in total. The molecule has 5 rings (SSSR count). The minimum atomic E-state index is -0.403. The first-order valence-electron chi connectivity index (χ1n) is 10.9. The van der Waals surface area contributed by atoms with Gasteiger partial charge in [-0.25, -0.2) is 14.5 Å². The molecule has 0 radical (unpaired) electrons. The number of nitrogens with zero attached hydrogens (tertiary/aromatic N) is 5. The number of rotatable bonds is 5. The van der Waals surface area contributed by atoms with Gasteiger partial charge in [0, 0.05) is 22.9 Å². The first-order valence-corrected chi connectivity index (χ1v) is 10.9. The van der Waals surface area contributed by atoms with Crippen LogP contribution in [0.3, 0.4) is 0 Å². The van der Waals surface area contributed by atoms with E-state index in [2.05, 4.69) is 44.4 Å². The van der Waals surface area contributed by atoms with Gasteiger partial charge in [-0.15, -0.1) is 0 Å². The number of piperidine rings is 1. The molecule has 1 fully saturated rings. The Morgan fingerprint density at radius 1 is 1.22 bits per heavy atom. The molecule has 4 aromatic heterocycles. The average molecular weight is 436 g/mol. The van der Waals surface area contributed by atoms with Crippen molar-refractivity contribution >= 4 is 5.65 Å². The zero-order valence-electron chi connectivity index (χ0n) is 18.4. The van der Waals surface area contributed by atoms with Crippen molar-refractivity contribution in [1.29, 1.82) is 0 Å². The van der Waals surface area contributed by atoms with Crippen LogP contribution in [-0.4, -0.2) is 50.0 Å². The first-order chi connectivity index (χ1) is 15.6. The second kappa shape index (κ2) is 8.31. The molecule has 0 amide bonds. The van der Waals surface area contributed by atoms with Gasteiger partial charge in [0.05, 0.1) is 18.5 Å². The molecule has 0 spiro atoms. The summed E-state index contributed by atoms with van der Waals surface area (Å²) in [4.78, 5) is 8.56. The highest BCUT2D eigenvalue weighted by Crippen LogP contribution is 2.37. The van der Waals surface area contributed by atoms with Gasteiger partial charge in [0.15, 0.2) is 11.4 Å². The number of aromatic amines is 1. The number of aromatic nitrogens is 6. The van der Waals surface area contributed by atoms with Crippen LogP contribution < -0.4 is 10.1 Å². The molecule has 0 saturated carbocycles. The van der Waals surface area contributed by atoms with Gasteiger partial charge in [-0.3, -0.25) is 5.10 Å². The maximum Gasteiger partial charge on any atom is 0.216 e. The van der Waals surface area contributed by atoms with E-state index in [-0.39, 0.29) is 11.8 Å². The third-order valence-electron chi connectivity index (χ3n) is 6.13. The molecule has 0 unspecified atom stereocenters. The number of pyridine rings is 2. The number of nitrogens with one attached hydrogen (secondary N) is 2. The molecular weight excluding hydrogens is 409 g/mol. The van der Waals surface area contributed by atoms with Gasteiger partial charge < -0.3 is 10.1 Å². The van der Waals surface area contributed by atoms with Crippen LogP contribution >= 0.6 is 0 Å². The van der Waals surface area contributed by atoms with E-state index >= 15 is 4.39 Å². The largest absolute Gasteiger partial charge is 0.493 e. The van der Waals surface area contributed by atoms with Crippen molar-refractivity contribution in [1.82, 2.24) is 35.1 Å². The predicted octanol–water partition coefficient (Wildman–Crippen LogP) is 3.92. The molecule has 4 aromatic rings. The monoisotopic (exact) mass is 435 g/mol. The molecule has 32 heavy (non-hydrogen) atoms. The summed E-state index contributed by atoms with van der Waals surface area (Å²) in [6, 6.07) is 5.66. The van der Waals surface area contributed by atoms with E-state index in [0.29, 0.717) is 28.3 Å². The summed E-state index contributed by atoms with van der Waals surface area (Å²) in [6.07, 6.45) is 5.21. The van der Waals surface area contributed by atoms with Crippen molar-refractivity contribution in [2.24, 2.45) is 0 Å². The fourth-order valence-corrected chi connectivity index (χ4v) is 4.53. The smallest absolute Gasteiger partial charge is 0.216 e. The van der Waals surface area contributed by atoms with Gasteiger partial charge in [0.2, 0.25) is 5.95 Å². The Hall–Kier alpha value is -3.33. The second-order valence-electron chi connectivity index (χ2n) is 8.44. The van der Waals surface area contributed by atoms with E-state index in [0.717, 1.165) is 42.8 Å². The van der Waals surface area contributed by atoms with Gasteiger partial charge >= 0.3 is 0 Å². The lowest BCUT2D eigenvalue weighted by molar-refractivity contribution is 0.416. The molecule has 0 bridgehead atoms. The maximum absolute atomic E-state index is 15.0. The van der Waals surface area contributed by atoms with Crippen LogP contribution in [0.2, 0.25) is 0 Å². The molecule has 5 heterocycles. The average Bonchev–Trinajstić information content (AvgIpc) is 3.46. The van der Waals surface area contributed by atoms with Crippen molar-refractivity contribution in [3.63, 3.8) is 0 Å². The molecule has 166 valence electrons. The molecule has 0 aliphatic carbocycles. The lowest BCUT2D eigenvalue weighted by Crippen LogP contribution is -2.27. The minimum absolute atomic E-state index is 0.130. The quantitative estimate of drug-likeness (QED) is 0.462. The zero-order chi connectivity index (χ0) is 22.2. The van der Waals surface area contributed by atoms with Crippen LogP contribution in [0.25, 0.3) is 28.3 Å². The molecular formula is C23H26FN7O. The van der Waals surface area contributed by atoms with Crippen LogP contribution in [0, 0.1) is 5.95 Å². The third-order valence-corrected chi connectivity index (χ3v) is 6.13. The zero-order valence-corrected chi connectivity index (χ0v) is 18.4. The van der Waals surface area contributed by atoms with Crippen LogP contribution in [0.5, 0.6) is 5.75 Å². The second-order valence-corrected chi connectivity index (χ2v) is 8.44. The number of methoxy groups -OCH3 is 1. The van der Waals surface area contributed by atoms with Crippen molar-refractivity contribution in [3.05, 3.63) is 47.8 Å². The van der Waals surface area contributed by atoms with Crippen molar-refractivity contribution < 1.29 is 9.13 Å². The Morgan fingerprint density at radius 3 is 2.75 bits per heavy atom. The number of H-pyrrole nitrogens is 1. The summed E-state index contributed by atoms with van der Waals surface area (Å²) in [5.74, 6) is 0.546. The first kappa shape index (κ1) is 20.6. The SMILES string of the molecule is COc1cc(-c2[nH]nc(-c3ccc(C4CCNCC4)c(F)n3)c2C(C)C)cn2ncnc12. The van der Waals surface area contributed by atoms with Gasteiger partial charge in [-0.1, -0.05) is 19.9 Å². The van der Waals surface area contributed by atoms with E-state index in [1.165, 1.54) is 6.33 Å². The molecule has 8 nitrogen and oxygen atoms in total. The minimum Gasteiger partial charge on any atom is -0.493 e. The van der Waals surface area contributed by atoms with E-state index < -0.39 is 5.95 Å². The molecule has 0 aromatic carbocycles. The standard InChI is InChI=1S/C23H26FN7O/c1-13(2)19-20(15-10-18(32-3)23-26-12-27-31(23)11-15)29-30-21(19)17-5-4-16(22(24)28-17)14-6-8-25-9-7-14/h4-5,10-14,25H,6-9H2,1-3H3,(H,29,30). The Kier molecular flexibility index (Phi) is 5.34. The fraction of sp³-hybridized carbons (Fsp3) is 0.391. The highest BCUT2D eigenvalue weighted by atomic mass is 19.1. The number of fused-ring (bicyclic) bond motifs is 1. The third kappa shape index (κ3) is 3.52. The van der Waals surface area contributed by atoms with Gasteiger partial charge in [0.25, 0.3) is 0 Å². The van der Waals surface area contributed by atoms with Crippen LogP contribution in [0.4, 0.5) is 4.39 Å². The summed E-state index contributed by atoms with van der Waals surface area (Å²) < 4.78 is 22.2. The Labute approximate surface area is 185 Å². The van der Waals surface area contributed by atoms with E-state index in [1.807, 2.05) is 24.4 Å². The summed E-state index contributed by atoms with van der Waals surface area (Å²) in [6.45, 7) is 5.99. The molecule has 0 atom stereocenters. The number of hydrogen-bond donors (Lipinski definition) is 2. The number of halogens is 1. The van der Waals surface area contributed by atoms with Crippen LogP contribution in [-0.2, 0) is 0 Å². The van der Waals surface area contributed by atoms with Crippen molar-refractivity contribution in [2.75, 3.05) is 20.2 Å². The highest BCUT2D eigenvalue weighted by molar-refractivity contribution is 5.75. The molecule has 9 heteroatoms. The summed E-state index contributed by atoms with van der Waals surface area (Å²) >= 11 is 0. The summed E-state index contributed by atoms with van der Waals surface area (Å²) in [5, 5.41) is 15.2. The Balaban J connectivity index is 1.58. The Bertz CT molecular complexity index is 1260. The highest BCUT2D eigenvalue weighted by Gasteiger charge is 2.24. The summed E-state index contributed by atoms with van der Waals surface area (Å²) in [7, 11) is 1.60. The fourth-order valence-electron chi connectivity index (χ4n) is 4.53. The number of ether oxygens (including phenoxy) is 1.